The lowest BCUT2D eigenvalue weighted by Crippen LogP contribution is -2.33. The largest absolute Gasteiger partial charge is 0.350 e. The normalized spacial score (nSPS) is 18.9. The number of amides is 1. The van der Waals surface area contributed by atoms with E-state index < -0.39 is 0 Å². The molecule has 1 fully saturated rings. The Bertz CT molecular complexity index is 721. The number of carbonyl (C=O) groups is 1. The van der Waals surface area contributed by atoms with Crippen molar-refractivity contribution in [3.63, 3.8) is 0 Å². The minimum absolute atomic E-state index is 0.115. The molecule has 0 spiro atoms. The molecule has 6 nitrogen and oxygen atoms in total. The van der Waals surface area contributed by atoms with E-state index in [-0.39, 0.29) is 5.91 Å². The van der Waals surface area contributed by atoms with E-state index in [2.05, 4.69) is 34.1 Å². The highest BCUT2D eigenvalue weighted by molar-refractivity contribution is 5.93. The summed E-state index contributed by atoms with van der Waals surface area (Å²) in [4.78, 5) is 19.2. The summed E-state index contributed by atoms with van der Waals surface area (Å²) in [6.07, 6.45) is 1.14. The zero-order chi connectivity index (χ0) is 16.6. The minimum Gasteiger partial charge on any atom is -0.350 e. The molecule has 3 rings (SSSR count). The van der Waals surface area contributed by atoms with Crippen LogP contribution < -0.4 is 5.32 Å². The number of carbonyl (C=O) groups excluding carboxylic acids is 1. The van der Waals surface area contributed by atoms with Gasteiger partial charge in [0.1, 0.15) is 0 Å². The van der Waals surface area contributed by atoms with Crippen LogP contribution in [0.2, 0.25) is 0 Å². The molecule has 0 bridgehead atoms. The number of aromatic nitrogens is 3. The highest BCUT2D eigenvalue weighted by Gasteiger charge is 2.24. The highest BCUT2D eigenvalue weighted by atomic mass is 16.1. The Morgan fingerprint density at radius 3 is 2.87 bits per heavy atom. The lowest BCUT2D eigenvalue weighted by molar-refractivity contribution is 0.0942. The van der Waals surface area contributed by atoms with Crippen LogP contribution in [0.4, 0.5) is 0 Å². The van der Waals surface area contributed by atoms with E-state index >= 15 is 0 Å². The van der Waals surface area contributed by atoms with E-state index in [0.29, 0.717) is 24.2 Å². The van der Waals surface area contributed by atoms with Crippen molar-refractivity contribution in [3.05, 3.63) is 29.2 Å². The summed E-state index contributed by atoms with van der Waals surface area (Å²) in [5, 5.41) is 7.40. The molecule has 1 aliphatic heterocycles. The van der Waals surface area contributed by atoms with Crippen molar-refractivity contribution in [3.8, 4) is 0 Å². The van der Waals surface area contributed by atoms with Gasteiger partial charge in [0, 0.05) is 36.6 Å². The van der Waals surface area contributed by atoms with Gasteiger partial charge in [0.2, 0.25) is 0 Å². The van der Waals surface area contributed by atoms with E-state index in [1.54, 1.807) is 10.6 Å². The van der Waals surface area contributed by atoms with Crippen LogP contribution in [-0.2, 0) is 0 Å². The predicted octanol–water partition coefficient (Wildman–Crippen LogP) is 1.81. The second-order valence-electron chi connectivity index (χ2n) is 6.79. The molecule has 1 N–H and O–H groups in total. The quantitative estimate of drug-likeness (QED) is 0.934. The van der Waals surface area contributed by atoms with Gasteiger partial charge in [0.05, 0.1) is 0 Å². The summed E-state index contributed by atoms with van der Waals surface area (Å²) >= 11 is 0. The van der Waals surface area contributed by atoms with Crippen molar-refractivity contribution >= 4 is 11.6 Å². The van der Waals surface area contributed by atoms with Crippen LogP contribution in [0.5, 0.6) is 0 Å². The monoisotopic (exact) mass is 315 g/mol. The number of fused-ring (bicyclic) bond motifs is 1. The van der Waals surface area contributed by atoms with E-state index in [1.165, 1.54) is 0 Å². The average Bonchev–Trinajstić information content (AvgIpc) is 3.11. The molecule has 124 valence electrons. The van der Waals surface area contributed by atoms with Crippen LogP contribution in [0.25, 0.3) is 5.65 Å². The van der Waals surface area contributed by atoms with Gasteiger partial charge in [-0.2, -0.15) is 5.10 Å². The van der Waals surface area contributed by atoms with E-state index in [9.17, 15) is 4.79 Å². The van der Waals surface area contributed by atoms with Crippen LogP contribution in [-0.4, -0.2) is 51.1 Å². The third kappa shape index (κ3) is 3.37. The number of hydrogen-bond acceptors (Lipinski definition) is 4. The lowest BCUT2D eigenvalue weighted by atomic mass is 10.1. The van der Waals surface area contributed by atoms with Gasteiger partial charge in [-0.25, -0.2) is 9.50 Å². The lowest BCUT2D eigenvalue weighted by Gasteiger charge is -2.20. The summed E-state index contributed by atoms with van der Waals surface area (Å²) < 4.78 is 1.72. The SMILES string of the molecule is Cc1cc(C)n2nc(C(=O)NC[C@H]3CCN(C(C)C)C3)cc2n1. The van der Waals surface area contributed by atoms with Crippen LogP contribution >= 0.6 is 0 Å². The average molecular weight is 315 g/mol. The molecule has 0 aliphatic carbocycles. The Morgan fingerprint density at radius 1 is 1.39 bits per heavy atom. The van der Waals surface area contributed by atoms with Crippen molar-refractivity contribution in [1.29, 1.82) is 0 Å². The molecule has 1 aliphatic rings. The number of rotatable bonds is 4. The van der Waals surface area contributed by atoms with Gasteiger partial charge in [-0.05, 0) is 52.6 Å². The van der Waals surface area contributed by atoms with Gasteiger partial charge in [-0.15, -0.1) is 0 Å². The number of hydrogen-bond donors (Lipinski definition) is 1. The Labute approximate surface area is 136 Å². The zero-order valence-electron chi connectivity index (χ0n) is 14.3. The molecule has 0 unspecified atom stereocenters. The van der Waals surface area contributed by atoms with Crippen LogP contribution in [0.15, 0.2) is 12.1 Å². The Morgan fingerprint density at radius 2 is 2.17 bits per heavy atom. The fourth-order valence-corrected chi connectivity index (χ4v) is 3.22. The number of aryl methyl sites for hydroxylation is 2. The molecule has 0 aromatic carbocycles. The summed E-state index contributed by atoms with van der Waals surface area (Å²) in [6.45, 7) is 11.2. The molecule has 6 heteroatoms. The fraction of sp³-hybridized carbons (Fsp3) is 0.588. The zero-order valence-corrected chi connectivity index (χ0v) is 14.3. The van der Waals surface area contributed by atoms with Crippen LogP contribution in [0.1, 0.15) is 42.1 Å². The molecule has 0 radical (unpaired) electrons. The van der Waals surface area contributed by atoms with Gasteiger partial charge in [-0.3, -0.25) is 4.79 Å². The van der Waals surface area contributed by atoms with Crippen molar-refractivity contribution < 1.29 is 4.79 Å². The van der Waals surface area contributed by atoms with Crippen molar-refractivity contribution in [1.82, 2.24) is 24.8 Å². The topological polar surface area (TPSA) is 62.5 Å². The van der Waals surface area contributed by atoms with Crippen molar-refractivity contribution in [2.75, 3.05) is 19.6 Å². The first-order valence-corrected chi connectivity index (χ1v) is 8.30. The second kappa shape index (κ2) is 6.28. The van der Waals surface area contributed by atoms with Crippen molar-refractivity contribution in [2.45, 2.75) is 40.2 Å². The molecule has 2 aromatic rings. The third-order valence-corrected chi connectivity index (χ3v) is 4.56. The first kappa shape index (κ1) is 15.9. The molecule has 1 atom stereocenters. The summed E-state index contributed by atoms with van der Waals surface area (Å²) in [6, 6.07) is 4.29. The van der Waals surface area contributed by atoms with E-state index in [1.807, 2.05) is 19.9 Å². The fourth-order valence-electron chi connectivity index (χ4n) is 3.22. The molecule has 3 heterocycles. The maximum atomic E-state index is 12.4. The summed E-state index contributed by atoms with van der Waals surface area (Å²) in [5.41, 5.74) is 3.07. The van der Waals surface area contributed by atoms with E-state index in [4.69, 9.17) is 0 Å². The Balaban J connectivity index is 1.64. The number of likely N-dealkylation sites (tertiary alicyclic amines) is 1. The predicted molar refractivity (Wildman–Crippen MR) is 89.6 cm³/mol. The molecular weight excluding hydrogens is 290 g/mol. The maximum Gasteiger partial charge on any atom is 0.271 e. The van der Waals surface area contributed by atoms with Gasteiger partial charge in [0.15, 0.2) is 11.3 Å². The third-order valence-electron chi connectivity index (χ3n) is 4.56. The van der Waals surface area contributed by atoms with Gasteiger partial charge < -0.3 is 10.2 Å². The first-order valence-electron chi connectivity index (χ1n) is 8.30. The number of nitrogens with zero attached hydrogens (tertiary/aromatic N) is 4. The Hall–Kier alpha value is -1.95. The standard InChI is InChI=1S/C17H25N5O/c1-11(2)21-6-5-14(10-21)9-18-17(23)15-8-16-19-12(3)7-13(4)22(16)20-15/h7-8,11,14H,5-6,9-10H2,1-4H3,(H,18,23)/t14-/m1/s1. The van der Waals surface area contributed by atoms with E-state index in [0.717, 1.165) is 36.5 Å². The smallest absolute Gasteiger partial charge is 0.271 e. The van der Waals surface area contributed by atoms with Gasteiger partial charge in [0.25, 0.3) is 5.91 Å². The number of nitrogens with one attached hydrogen (secondary N) is 1. The Kier molecular flexibility index (Phi) is 4.35. The van der Waals surface area contributed by atoms with Gasteiger partial charge >= 0.3 is 0 Å². The molecule has 0 saturated carbocycles. The minimum atomic E-state index is -0.115. The molecule has 1 saturated heterocycles. The van der Waals surface area contributed by atoms with Crippen LogP contribution in [0, 0.1) is 19.8 Å². The van der Waals surface area contributed by atoms with Crippen molar-refractivity contribution in [2.24, 2.45) is 5.92 Å². The molecule has 2 aromatic heterocycles. The second-order valence-corrected chi connectivity index (χ2v) is 6.79. The summed E-state index contributed by atoms with van der Waals surface area (Å²) in [5.74, 6) is 0.413. The highest BCUT2D eigenvalue weighted by Crippen LogP contribution is 2.17. The summed E-state index contributed by atoms with van der Waals surface area (Å²) in [7, 11) is 0. The maximum absolute atomic E-state index is 12.4. The molecule has 1 amide bonds. The first-order chi connectivity index (χ1) is 10.9. The van der Waals surface area contributed by atoms with Gasteiger partial charge in [-0.1, -0.05) is 0 Å². The molecular formula is C17H25N5O. The van der Waals surface area contributed by atoms with Crippen LogP contribution in [0.3, 0.4) is 0 Å². The molecule has 23 heavy (non-hydrogen) atoms.